The summed E-state index contributed by atoms with van der Waals surface area (Å²) in [5.74, 6) is -6.18. The number of hydrogen-bond acceptors (Lipinski definition) is 3. The molecule has 0 spiro atoms. The highest BCUT2D eigenvalue weighted by Crippen LogP contribution is 2.24. The van der Waals surface area contributed by atoms with Crippen LogP contribution in [-0.4, -0.2) is 49.7 Å². The monoisotopic (exact) mass is 402 g/mol. The van der Waals surface area contributed by atoms with Crippen LogP contribution in [0.1, 0.15) is 10.4 Å². The molecule has 5 nitrogen and oxygen atoms in total. The number of hydrogen-bond donors (Lipinski definition) is 0. The Labute approximate surface area is 152 Å². The van der Waals surface area contributed by atoms with E-state index < -0.39 is 44.1 Å². The van der Waals surface area contributed by atoms with Gasteiger partial charge in [0.25, 0.3) is 5.91 Å². The molecule has 3 rings (SSSR count). The molecular formula is C17H14F4N2O3S. The van der Waals surface area contributed by atoms with Crippen LogP contribution in [0.25, 0.3) is 0 Å². The highest BCUT2D eigenvalue weighted by atomic mass is 32.2. The number of amides is 1. The summed E-state index contributed by atoms with van der Waals surface area (Å²) in [7, 11) is -4.40. The van der Waals surface area contributed by atoms with Gasteiger partial charge in [-0.3, -0.25) is 4.79 Å². The molecule has 0 unspecified atom stereocenters. The van der Waals surface area contributed by atoms with Crippen LogP contribution < -0.4 is 0 Å². The minimum Gasteiger partial charge on any atom is -0.336 e. The molecule has 1 amide bonds. The molecule has 1 heterocycles. The summed E-state index contributed by atoms with van der Waals surface area (Å²) < 4.78 is 79.4. The zero-order valence-corrected chi connectivity index (χ0v) is 14.6. The lowest BCUT2D eigenvalue weighted by Gasteiger charge is -2.34. The average molecular weight is 402 g/mol. The Balaban J connectivity index is 1.75. The van der Waals surface area contributed by atoms with Crippen molar-refractivity contribution in [3.05, 3.63) is 65.2 Å². The van der Waals surface area contributed by atoms with Crippen molar-refractivity contribution in [3.8, 4) is 0 Å². The number of carbonyl (C=O) groups excluding carboxylic acids is 1. The Kier molecular flexibility index (Phi) is 5.20. The molecule has 10 heteroatoms. The van der Waals surface area contributed by atoms with Gasteiger partial charge in [-0.05, 0) is 30.3 Å². The summed E-state index contributed by atoms with van der Waals surface area (Å²) in [5.41, 5.74) is 0.123. The van der Waals surface area contributed by atoms with Crippen molar-refractivity contribution in [1.82, 2.24) is 9.21 Å². The molecular weight excluding hydrogens is 388 g/mol. The molecule has 1 saturated heterocycles. The topological polar surface area (TPSA) is 57.7 Å². The molecule has 0 atom stereocenters. The van der Waals surface area contributed by atoms with Crippen molar-refractivity contribution >= 4 is 15.9 Å². The Morgan fingerprint density at radius 2 is 1.56 bits per heavy atom. The third-order valence-corrected chi connectivity index (χ3v) is 6.13. The maximum atomic E-state index is 13.9. The van der Waals surface area contributed by atoms with Crippen molar-refractivity contribution in [2.24, 2.45) is 0 Å². The number of carbonyl (C=O) groups is 1. The molecule has 1 aliphatic heterocycles. The third-order valence-electron chi connectivity index (χ3n) is 4.21. The number of benzene rings is 2. The average Bonchev–Trinajstić information content (AvgIpc) is 2.65. The molecule has 2 aromatic carbocycles. The lowest BCUT2D eigenvalue weighted by molar-refractivity contribution is 0.0697. The van der Waals surface area contributed by atoms with E-state index in [4.69, 9.17) is 0 Å². The van der Waals surface area contributed by atoms with Crippen LogP contribution >= 0.6 is 0 Å². The molecule has 0 radical (unpaired) electrons. The highest BCUT2D eigenvalue weighted by molar-refractivity contribution is 7.89. The first-order valence-corrected chi connectivity index (χ1v) is 9.34. The van der Waals surface area contributed by atoms with Crippen LogP contribution in [0.15, 0.2) is 41.3 Å². The lowest BCUT2D eigenvalue weighted by atomic mass is 10.2. The van der Waals surface area contributed by atoms with E-state index in [1.807, 2.05) is 0 Å². The van der Waals surface area contributed by atoms with Gasteiger partial charge in [-0.2, -0.15) is 4.31 Å². The quantitative estimate of drug-likeness (QED) is 0.585. The predicted molar refractivity (Wildman–Crippen MR) is 87.4 cm³/mol. The smallest absolute Gasteiger partial charge is 0.254 e. The summed E-state index contributed by atoms with van der Waals surface area (Å²) in [6, 6.07) is 6.28. The summed E-state index contributed by atoms with van der Waals surface area (Å²) in [6.07, 6.45) is 0. The third kappa shape index (κ3) is 3.67. The van der Waals surface area contributed by atoms with Crippen LogP contribution in [0.4, 0.5) is 17.6 Å². The van der Waals surface area contributed by atoms with E-state index in [2.05, 4.69) is 0 Å². The minimum atomic E-state index is -4.40. The van der Waals surface area contributed by atoms with E-state index >= 15 is 0 Å². The van der Waals surface area contributed by atoms with Gasteiger partial charge in [0.2, 0.25) is 10.0 Å². The molecule has 0 aliphatic carbocycles. The van der Waals surface area contributed by atoms with Gasteiger partial charge in [-0.1, -0.05) is 6.07 Å². The first kappa shape index (κ1) is 19.3. The van der Waals surface area contributed by atoms with Gasteiger partial charge in [0, 0.05) is 31.7 Å². The molecule has 0 aromatic heterocycles. The van der Waals surface area contributed by atoms with Gasteiger partial charge in [-0.25, -0.2) is 26.0 Å². The van der Waals surface area contributed by atoms with Gasteiger partial charge in [0.1, 0.15) is 10.7 Å². The van der Waals surface area contributed by atoms with Crippen LogP contribution in [0.3, 0.4) is 0 Å². The summed E-state index contributed by atoms with van der Waals surface area (Å²) >= 11 is 0. The number of halogens is 4. The minimum absolute atomic E-state index is 0.0140. The lowest BCUT2D eigenvalue weighted by Crippen LogP contribution is -2.50. The Morgan fingerprint density at radius 1 is 0.889 bits per heavy atom. The molecule has 0 bridgehead atoms. The molecule has 0 saturated carbocycles. The van der Waals surface area contributed by atoms with E-state index in [0.29, 0.717) is 12.1 Å². The second kappa shape index (κ2) is 7.28. The largest absolute Gasteiger partial charge is 0.336 e. The number of piperazine rings is 1. The first-order chi connectivity index (χ1) is 12.7. The molecule has 144 valence electrons. The zero-order chi connectivity index (χ0) is 19.8. The Bertz CT molecular complexity index is 990. The van der Waals surface area contributed by atoms with E-state index in [-0.39, 0.29) is 31.7 Å². The fourth-order valence-corrected chi connectivity index (χ4v) is 4.26. The van der Waals surface area contributed by atoms with Crippen molar-refractivity contribution in [1.29, 1.82) is 0 Å². The maximum Gasteiger partial charge on any atom is 0.254 e. The molecule has 1 aliphatic rings. The Morgan fingerprint density at radius 3 is 2.19 bits per heavy atom. The number of rotatable bonds is 3. The van der Waals surface area contributed by atoms with Gasteiger partial charge in [0.05, 0.1) is 0 Å². The van der Waals surface area contributed by atoms with E-state index in [9.17, 15) is 30.8 Å². The first-order valence-electron chi connectivity index (χ1n) is 7.90. The highest BCUT2D eigenvalue weighted by Gasteiger charge is 2.33. The summed E-state index contributed by atoms with van der Waals surface area (Å²) in [5, 5.41) is 0. The second-order valence-electron chi connectivity index (χ2n) is 5.88. The van der Waals surface area contributed by atoms with Gasteiger partial charge >= 0.3 is 0 Å². The summed E-state index contributed by atoms with van der Waals surface area (Å²) in [6.45, 7) is -0.358. The maximum absolute atomic E-state index is 13.9. The zero-order valence-electron chi connectivity index (χ0n) is 13.8. The molecule has 0 N–H and O–H groups in total. The molecule has 1 fully saturated rings. The van der Waals surface area contributed by atoms with Gasteiger partial charge in [0.15, 0.2) is 17.5 Å². The van der Waals surface area contributed by atoms with Crippen LogP contribution in [0, 0.1) is 23.3 Å². The fourth-order valence-electron chi connectivity index (χ4n) is 2.78. The summed E-state index contributed by atoms with van der Waals surface area (Å²) in [4.78, 5) is 12.7. The second-order valence-corrected chi connectivity index (χ2v) is 7.79. The van der Waals surface area contributed by atoms with Crippen molar-refractivity contribution in [2.45, 2.75) is 4.90 Å². The molecule has 27 heavy (non-hydrogen) atoms. The van der Waals surface area contributed by atoms with Crippen LogP contribution in [0.5, 0.6) is 0 Å². The standard InChI is InChI=1S/C17H14F4N2O3S/c18-12-3-1-2-11(10-12)17(24)22-6-8-23(9-7-22)27(25,26)14-5-4-13(19)15(20)16(14)21/h1-5,10H,6-9H2. The normalized spacial score (nSPS) is 15.8. The number of sulfonamides is 1. The Hall–Kier alpha value is -2.46. The number of nitrogens with zero attached hydrogens (tertiary/aromatic N) is 2. The van der Waals surface area contributed by atoms with Gasteiger partial charge in [-0.15, -0.1) is 0 Å². The van der Waals surface area contributed by atoms with E-state index in [1.165, 1.54) is 23.1 Å². The van der Waals surface area contributed by atoms with Crippen molar-refractivity contribution < 1.29 is 30.8 Å². The van der Waals surface area contributed by atoms with Crippen molar-refractivity contribution in [2.75, 3.05) is 26.2 Å². The van der Waals surface area contributed by atoms with E-state index in [0.717, 1.165) is 10.4 Å². The van der Waals surface area contributed by atoms with Crippen LogP contribution in [-0.2, 0) is 10.0 Å². The van der Waals surface area contributed by atoms with Crippen molar-refractivity contribution in [3.63, 3.8) is 0 Å². The SMILES string of the molecule is O=C(c1cccc(F)c1)N1CCN(S(=O)(=O)c2ccc(F)c(F)c2F)CC1. The molecule has 2 aromatic rings. The fraction of sp³-hybridized carbons (Fsp3) is 0.235. The van der Waals surface area contributed by atoms with Crippen LogP contribution in [0.2, 0.25) is 0 Å². The van der Waals surface area contributed by atoms with Gasteiger partial charge < -0.3 is 4.90 Å². The van der Waals surface area contributed by atoms with E-state index in [1.54, 1.807) is 0 Å². The predicted octanol–water partition coefficient (Wildman–Crippen LogP) is 2.39.